The molecular weight excluding hydrogens is 311 g/mol. The zero-order valence-corrected chi connectivity index (χ0v) is 12.1. The molecule has 92 valence electrons. The fourth-order valence-electron chi connectivity index (χ4n) is 1.34. The average molecular weight is 318 g/mol. The maximum absolute atomic E-state index is 11.8. The first-order chi connectivity index (χ1) is 8.58. The van der Waals surface area contributed by atoms with E-state index in [1.807, 2.05) is 0 Å². The minimum atomic E-state index is -0.108. The molecule has 1 aromatic carbocycles. The normalized spacial score (nSPS) is 11.1. The molecule has 0 aliphatic carbocycles. The molecule has 0 fully saturated rings. The van der Waals surface area contributed by atoms with Gasteiger partial charge in [0.1, 0.15) is 0 Å². The van der Waals surface area contributed by atoms with E-state index in [0.29, 0.717) is 24.8 Å². The van der Waals surface area contributed by atoms with Gasteiger partial charge >= 0.3 is 0 Å². The summed E-state index contributed by atoms with van der Waals surface area (Å²) >= 11 is 18.9. The number of thiophene rings is 1. The van der Waals surface area contributed by atoms with E-state index in [0.717, 1.165) is 0 Å². The number of rotatable bonds is 3. The monoisotopic (exact) mass is 316 g/mol. The number of carbonyl (C=O) groups is 1. The highest BCUT2D eigenvalue weighted by Crippen LogP contribution is 2.27. The van der Waals surface area contributed by atoms with Crippen molar-refractivity contribution < 1.29 is 4.79 Å². The van der Waals surface area contributed by atoms with E-state index in [1.165, 1.54) is 17.4 Å². The standard InChI is InChI=1S/C13H7Cl3OS/c14-9-3-1-2-8(13(9)16)4-5-10(17)11-6-7-12(15)18-11/h1-7H/b5-4+. The highest BCUT2D eigenvalue weighted by molar-refractivity contribution is 7.18. The quantitative estimate of drug-likeness (QED) is 0.531. The molecule has 0 aliphatic heterocycles. The summed E-state index contributed by atoms with van der Waals surface area (Å²) in [4.78, 5) is 12.4. The third kappa shape index (κ3) is 3.15. The van der Waals surface area contributed by atoms with E-state index in [9.17, 15) is 4.79 Å². The largest absolute Gasteiger partial charge is 0.288 e. The Balaban J connectivity index is 2.21. The lowest BCUT2D eigenvalue weighted by Crippen LogP contribution is -1.88. The van der Waals surface area contributed by atoms with Gasteiger partial charge in [-0.1, -0.05) is 46.9 Å². The summed E-state index contributed by atoms with van der Waals surface area (Å²) in [7, 11) is 0. The van der Waals surface area contributed by atoms with Gasteiger partial charge in [-0.3, -0.25) is 4.79 Å². The van der Waals surface area contributed by atoms with Crippen LogP contribution in [0.1, 0.15) is 15.2 Å². The second-order valence-corrected chi connectivity index (χ2v) is 5.94. The smallest absolute Gasteiger partial charge is 0.195 e. The minimum Gasteiger partial charge on any atom is -0.288 e. The van der Waals surface area contributed by atoms with Gasteiger partial charge in [-0.15, -0.1) is 11.3 Å². The molecule has 0 saturated heterocycles. The van der Waals surface area contributed by atoms with Crippen molar-refractivity contribution in [3.63, 3.8) is 0 Å². The third-order valence-electron chi connectivity index (χ3n) is 2.21. The van der Waals surface area contributed by atoms with E-state index in [4.69, 9.17) is 34.8 Å². The van der Waals surface area contributed by atoms with Gasteiger partial charge in [0.25, 0.3) is 0 Å². The topological polar surface area (TPSA) is 17.1 Å². The fraction of sp³-hybridized carbons (Fsp3) is 0. The van der Waals surface area contributed by atoms with Crippen molar-refractivity contribution in [1.82, 2.24) is 0 Å². The molecule has 0 unspecified atom stereocenters. The third-order valence-corrected chi connectivity index (χ3v) is 4.29. The molecule has 1 heterocycles. The summed E-state index contributed by atoms with van der Waals surface area (Å²) in [5.41, 5.74) is 0.708. The van der Waals surface area contributed by atoms with Gasteiger partial charge in [-0.2, -0.15) is 0 Å². The van der Waals surface area contributed by atoms with E-state index in [2.05, 4.69) is 0 Å². The van der Waals surface area contributed by atoms with Crippen molar-refractivity contribution >= 4 is 58.0 Å². The number of halogens is 3. The lowest BCUT2D eigenvalue weighted by molar-refractivity contribution is 0.105. The molecule has 1 nitrogen and oxygen atoms in total. The Bertz CT molecular complexity index is 616. The number of benzene rings is 1. The predicted octanol–water partition coefficient (Wildman–Crippen LogP) is 5.60. The average Bonchev–Trinajstić information content (AvgIpc) is 2.77. The van der Waals surface area contributed by atoms with Gasteiger partial charge in [0.05, 0.1) is 19.3 Å². The second kappa shape index (κ2) is 5.89. The number of allylic oxidation sites excluding steroid dienone is 1. The minimum absolute atomic E-state index is 0.108. The van der Waals surface area contributed by atoms with Crippen molar-refractivity contribution in [2.45, 2.75) is 0 Å². The molecule has 0 atom stereocenters. The molecule has 0 N–H and O–H groups in total. The van der Waals surface area contributed by atoms with Crippen LogP contribution < -0.4 is 0 Å². The Kier molecular flexibility index (Phi) is 4.46. The Morgan fingerprint density at radius 1 is 1.11 bits per heavy atom. The predicted molar refractivity (Wildman–Crippen MR) is 79.2 cm³/mol. The molecule has 2 rings (SSSR count). The van der Waals surface area contributed by atoms with Crippen LogP contribution in [0.25, 0.3) is 6.08 Å². The maximum Gasteiger partial charge on any atom is 0.195 e. The van der Waals surface area contributed by atoms with Gasteiger partial charge in [-0.25, -0.2) is 0 Å². The van der Waals surface area contributed by atoms with Crippen LogP contribution in [0.4, 0.5) is 0 Å². The molecule has 0 spiro atoms. The van der Waals surface area contributed by atoms with E-state index >= 15 is 0 Å². The van der Waals surface area contributed by atoms with Gasteiger partial charge in [0, 0.05) is 0 Å². The first-order valence-electron chi connectivity index (χ1n) is 4.99. The van der Waals surface area contributed by atoms with Gasteiger partial charge < -0.3 is 0 Å². The van der Waals surface area contributed by atoms with Crippen LogP contribution in [0, 0.1) is 0 Å². The molecular formula is C13H7Cl3OS. The second-order valence-electron chi connectivity index (χ2n) is 3.44. The molecule has 1 aromatic heterocycles. The first-order valence-corrected chi connectivity index (χ1v) is 6.95. The Morgan fingerprint density at radius 2 is 1.89 bits per heavy atom. The number of hydrogen-bond acceptors (Lipinski definition) is 2. The number of hydrogen-bond donors (Lipinski definition) is 0. The van der Waals surface area contributed by atoms with Crippen molar-refractivity contribution in [2.24, 2.45) is 0 Å². The zero-order chi connectivity index (χ0) is 13.1. The Labute approximate surface area is 124 Å². The molecule has 0 bridgehead atoms. The van der Waals surface area contributed by atoms with Crippen molar-refractivity contribution in [1.29, 1.82) is 0 Å². The lowest BCUT2D eigenvalue weighted by Gasteiger charge is -1.99. The lowest BCUT2D eigenvalue weighted by atomic mass is 10.2. The number of ketones is 1. The maximum atomic E-state index is 11.8. The van der Waals surface area contributed by atoms with E-state index in [-0.39, 0.29) is 5.78 Å². The molecule has 0 aliphatic rings. The molecule has 0 radical (unpaired) electrons. The van der Waals surface area contributed by atoms with Crippen LogP contribution in [0.3, 0.4) is 0 Å². The molecule has 0 saturated carbocycles. The summed E-state index contributed by atoms with van der Waals surface area (Å²) in [6.45, 7) is 0. The molecule has 2 aromatic rings. The number of carbonyl (C=O) groups excluding carboxylic acids is 1. The van der Waals surface area contributed by atoms with Crippen molar-refractivity contribution in [2.75, 3.05) is 0 Å². The highest BCUT2D eigenvalue weighted by Gasteiger charge is 2.06. The zero-order valence-electron chi connectivity index (χ0n) is 8.99. The van der Waals surface area contributed by atoms with Crippen LogP contribution in [0.5, 0.6) is 0 Å². The highest BCUT2D eigenvalue weighted by atomic mass is 35.5. The molecule has 18 heavy (non-hydrogen) atoms. The van der Waals surface area contributed by atoms with Crippen LogP contribution in [-0.4, -0.2) is 5.78 Å². The Hall–Kier alpha value is -0.800. The van der Waals surface area contributed by atoms with E-state index in [1.54, 1.807) is 36.4 Å². The van der Waals surface area contributed by atoms with Gasteiger partial charge in [0.2, 0.25) is 0 Å². The summed E-state index contributed by atoms with van der Waals surface area (Å²) < 4.78 is 0.590. The fourth-order valence-corrected chi connectivity index (χ4v) is 2.68. The summed E-state index contributed by atoms with van der Waals surface area (Å²) in [6, 6.07) is 8.65. The van der Waals surface area contributed by atoms with Gasteiger partial charge in [0.15, 0.2) is 5.78 Å². The van der Waals surface area contributed by atoms with Crippen molar-refractivity contribution in [3.05, 3.63) is 61.2 Å². The first kappa shape index (κ1) is 13.6. The Morgan fingerprint density at radius 3 is 2.56 bits per heavy atom. The summed E-state index contributed by atoms with van der Waals surface area (Å²) in [5, 5.41) is 0.901. The molecule has 0 amide bonds. The van der Waals surface area contributed by atoms with Crippen LogP contribution in [0.15, 0.2) is 36.4 Å². The van der Waals surface area contributed by atoms with Crippen molar-refractivity contribution in [3.8, 4) is 0 Å². The van der Waals surface area contributed by atoms with Gasteiger partial charge in [-0.05, 0) is 35.9 Å². The van der Waals surface area contributed by atoms with Crippen LogP contribution in [0.2, 0.25) is 14.4 Å². The van der Waals surface area contributed by atoms with Crippen LogP contribution in [-0.2, 0) is 0 Å². The summed E-state index contributed by atoms with van der Waals surface area (Å²) in [6.07, 6.45) is 3.10. The van der Waals surface area contributed by atoms with Crippen LogP contribution >= 0.6 is 46.1 Å². The van der Waals surface area contributed by atoms with E-state index < -0.39 is 0 Å². The molecule has 5 heteroatoms. The SMILES string of the molecule is O=C(/C=C/c1cccc(Cl)c1Cl)c1ccc(Cl)s1. The summed E-state index contributed by atoms with van der Waals surface area (Å²) in [5.74, 6) is -0.108.